The molecular formula is C15H32N2O. The number of nitrogens with one attached hydrogen (secondary N) is 1. The summed E-state index contributed by atoms with van der Waals surface area (Å²) in [4.78, 5) is 2.44. The van der Waals surface area contributed by atoms with Crippen LogP contribution in [-0.2, 0) is 0 Å². The first-order valence-electron chi connectivity index (χ1n) is 7.57. The average molecular weight is 256 g/mol. The molecule has 1 fully saturated rings. The van der Waals surface area contributed by atoms with E-state index in [0.29, 0.717) is 17.5 Å². The van der Waals surface area contributed by atoms with E-state index in [9.17, 15) is 5.11 Å². The molecule has 3 heteroatoms. The highest BCUT2D eigenvalue weighted by Gasteiger charge is 2.35. The third kappa shape index (κ3) is 4.87. The Bertz CT molecular complexity index is 223. The minimum atomic E-state index is 0.270. The van der Waals surface area contributed by atoms with Crippen LogP contribution in [0.3, 0.4) is 0 Å². The summed E-state index contributed by atoms with van der Waals surface area (Å²) in [7, 11) is 0. The topological polar surface area (TPSA) is 35.5 Å². The monoisotopic (exact) mass is 256 g/mol. The van der Waals surface area contributed by atoms with Gasteiger partial charge in [0.2, 0.25) is 0 Å². The van der Waals surface area contributed by atoms with E-state index < -0.39 is 0 Å². The van der Waals surface area contributed by atoms with E-state index in [4.69, 9.17) is 0 Å². The molecule has 0 bridgehead atoms. The number of rotatable bonds is 8. The zero-order chi connectivity index (χ0) is 13.6. The fourth-order valence-corrected chi connectivity index (χ4v) is 3.02. The minimum absolute atomic E-state index is 0.270. The zero-order valence-corrected chi connectivity index (χ0v) is 12.7. The molecule has 1 aliphatic rings. The van der Waals surface area contributed by atoms with Gasteiger partial charge in [-0.05, 0) is 32.1 Å². The molecule has 0 atom stereocenters. The summed E-state index contributed by atoms with van der Waals surface area (Å²) in [5.74, 6) is 0. The Morgan fingerprint density at radius 1 is 1.17 bits per heavy atom. The fraction of sp³-hybridized carbons (Fsp3) is 1.00. The van der Waals surface area contributed by atoms with Crippen LogP contribution in [0.4, 0.5) is 0 Å². The molecule has 2 N–H and O–H groups in total. The lowest BCUT2D eigenvalue weighted by molar-refractivity contribution is 0.0984. The summed E-state index contributed by atoms with van der Waals surface area (Å²) in [5.41, 5.74) is 0.434. The third-order valence-electron chi connectivity index (χ3n) is 4.21. The maximum Gasteiger partial charge on any atom is 0.0558 e. The summed E-state index contributed by atoms with van der Waals surface area (Å²) in [6.07, 6.45) is 5.40. The molecule has 0 radical (unpaired) electrons. The van der Waals surface area contributed by atoms with Crippen LogP contribution in [0.25, 0.3) is 0 Å². The number of aliphatic hydroxyl groups is 1. The molecule has 1 rings (SSSR count). The van der Waals surface area contributed by atoms with Gasteiger partial charge in [-0.25, -0.2) is 0 Å². The molecule has 0 aliphatic heterocycles. The smallest absolute Gasteiger partial charge is 0.0558 e. The quantitative estimate of drug-likeness (QED) is 0.699. The highest BCUT2D eigenvalue weighted by molar-refractivity contribution is 4.90. The minimum Gasteiger partial charge on any atom is -0.395 e. The largest absolute Gasteiger partial charge is 0.395 e. The first-order valence-corrected chi connectivity index (χ1v) is 7.57. The van der Waals surface area contributed by atoms with Crippen molar-refractivity contribution in [2.75, 3.05) is 26.2 Å². The molecule has 108 valence electrons. The van der Waals surface area contributed by atoms with Crippen molar-refractivity contribution in [2.45, 2.75) is 65.5 Å². The second-order valence-electron chi connectivity index (χ2n) is 6.53. The molecule has 0 aromatic heterocycles. The molecule has 1 saturated carbocycles. The van der Waals surface area contributed by atoms with Crippen LogP contribution < -0.4 is 5.32 Å². The highest BCUT2D eigenvalue weighted by Crippen LogP contribution is 2.38. The Hall–Kier alpha value is -0.120. The van der Waals surface area contributed by atoms with Gasteiger partial charge < -0.3 is 10.4 Å². The zero-order valence-electron chi connectivity index (χ0n) is 12.7. The molecule has 0 unspecified atom stereocenters. The van der Waals surface area contributed by atoms with E-state index in [1.165, 1.54) is 25.7 Å². The van der Waals surface area contributed by atoms with Gasteiger partial charge in [-0.3, -0.25) is 4.90 Å². The highest BCUT2D eigenvalue weighted by atomic mass is 16.3. The van der Waals surface area contributed by atoms with Gasteiger partial charge in [0, 0.05) is 31.7 Å². The van der Waals surface area contributed by atoms with Gasteiger partial charge in [-0.2, -0.15) is 0 Å². The molecule has 0 aromatic carbocycles. The predicted molar refractivity (Wildman–Crippen MR) is 77.8 cm³/mol. The molecule has 0 spiro atoms. The normalized spacial score (nSPS) is 19.3. The van der Waals surface area contributed by atoms with Crippen molar-refractivity contribution in [1.82, 2.24) is 10.2 Å². The van der Waals surface area contributed by atoms with Crippen LogP contribution in [0, 0.1) is 5.41 Å². The Labute approximate surface area is 113 Å². The Balaban J connectivity index is 2.59. The maximum atomic E-state index is 9.20. The van der Waals surface area contributed by atoms with Crippen molar-refractivity contribution in [1.29, 1.82) is 0 Å². The second-order valence-corrected chi connectivity index (χ2v) is 6.53. The van der Waals surface area contributed by atoms with Crippen LogP contribution in [0.5, 0.6) is 0 Å². The molecule has 1 aliphatic carbocycles. The van der Waals surface area contributed by atoms with Crippen LogP contribution in [-0.4, -0.2) is 48.3 Å². The number of aliphatic hydroxyl groups excluding tert-OH is 1. The Morgan fingerprint density at radius 2 is 1.78 bits per heavy atom. The first kappa shape index (κ1) is 15.9. The first-order chi connectivity index (χ1) is 8.49. The third-order valence-corrected chi connectivity index (χ3v) is 4.21. The maximum absolute atomic E-state index is 9.20. The van der Waals surface area contributed by atoms with Gasteiger partial charge in [0.1, 0.15) is 0 Å². The van der Waals surface area contributed by atoms with E-state index >= 15 is 0 Å². The molecule has 18 heavy (non-hydrogen) atoms. The van der Waals surface area contributed by atoms with Crippen molar-refractivity contribution < 1.29 is 5.11 Å². The number of hydrogen-bond donors (Lipinski definition) is 2. The van der Waals surface area contributed by atoms with Crippen molar-refractivity contribution in [3.8, 4) is 0 Å². The average Bonchev–Trinajstić information content (AvgIpc) is 2.75. The number of nitrogens with zero attached hydrogens (tertiary/aromatic N) is 1. The molecule has 0 aromatic rings. The Morgan fingerprint density at radius 3 is 2.22 bits per heavy atom. The standard InChI is InChI=1S/C15H32N2O/c1-13(2)16-11-15(7-5-6-8-15)12-17(9-10-18)14(3)4/h13-14,16,18H,5-12H2,1-4H3. The van der Waals surface area contributed by atoms with E-state index in [1.807, 2.05) is 0 Å². The van der Waals surface area contributed by atoms with E-state index in [0.717, 1.165) is 19.6 Å². The second kappa shape index (κ2) is 7.46. The summed E-state index contributed by atoms with van der Waals surface area (Å²) >= 11 is 0. The molecular weight excluding hydrogens is 224 g/mol. The number of hydrogen-bond acceptors (Lipinski definition) is 3. The lowest BCUT2D eigenvalue weighted by Gasteiger charge is -2.38. The van der Waals surface area contributed by atoms with Gasteiger partial charge in [0.15, 0.2) is 0 Å². The lowest BCUT2D eigenvalue weighted by Crippen LogP contribution is -2.47. The van der Waals surface area contributed by atoms with Crippen molar-refractivity contribution in [3.63, 3.8) is 0 Å². The van der Waals surface area contributed by atoms with Gasteiger partial charge in [-0.15, -0.1) is 0 Å². The Kier molecular flexibility index (Phi) is 6.61. The van der Waals surface area contributed by atoms with Crippen molar-refractivity contribution >= 4 is 0 Å². The molecule has 0 saturated heterocycles. The molecule has 3 nitrogen and oxygen atoms in total. The summed E-state index contributed by atoms with van der Waals surface area (Å²) < 4.78 is 0. The fourth-order valence-electron chi connectivity index (χ4n) is 3.02. The molecule has 0 amide bonds. The summed E-state index contributed by atoms with van der Waals surface area (Å²) in [6, 6.07) is 1.08. The predicted octanol–water partition coefficient (Wildman–Crippen LogP) is 2.25. The van der Waals surface area contributed by atoms with E-state index in [1.54, 1.807) is 0 Å². The van der Waals surface area contributed by atoms with Crippen LogP contribution in [0.2, 0.25) is 0 Å². The summed E-state index contributed by atoms with van der Waals surface area (Å²) in [5, 5.41) is 12.8. The van der Waals surface area contributed by atoms with Crippen molar-refractivity contribution in [2.24, 2.45) is 5.41 Å². The summed E-state index contributed by atoms with van der Waals surface area (Å²) in [6.45, 7) is 12.2. The SMILES string of the molecule is CC(C)NCC1(CN(CCO)C(C)C)CCCC1. The van der Waals surface area contributed by atoms with Crippen LogP contribution in [0.15, 0.2) is 0 Å². The van der Waals surface area contributed by atoms with Gasteiger partial charge in [-0.1, -0.05) is 26.7 Å². The lowest BCUT2D eigenvalue weighted by atomic mass is 9.84. The van der Waals surface area contributed by atoms with Crippen molar-refractivity contribution in [3.05, 3.63) is 0 Å². The molecule has 0 heterocycles. The van der Waals surface area contributed by atoms with Gasteiger partial charge >= 0.3 is 0 Å². The van der Waals surface area contributed by atoms with Gasteiger partial charge in [0.05, 0.1) is 6.61 Å². The van der Waals surface area contributed by atoms with E-state index in [2.05, 4.69) is 37.9 Å². The van der Waals surface area contributed by atoms with Crippen LogP contribution >= 0.6 is 0 Å². The van der Waals surface area contributed by atoms with Gasteiger partial charge in [0.25, 0.3) is 0 Å². The van der Waals surface area contributed by atoms with E-state index in [-0.39, 0.29) is 6.61 Å². The van der Waals surface area contributed by atoms with Crippen LogP contribution in [0.1, 0.15) is 53.4 Å².